The predicted octanol–water partition coefficient (Wildman–Crippen LogP) is 3.32. The molecule has 0 amide bonds. The molecular weight excluding hydrogens is 358 g/mol. The first-order chi connectivity index (χ1) is 12.4. The third-order valence-electron chi connectivity index (χ3n) is 3.65. The van der Waals surface area contributed by atoms with Crippen molar-refractivity contribution < 1.29 is 9.49 Å². The zero-order chi connectivity index (χ0) is 18.7. The predicted molar refractivity (Wildman–Crippen MR) is 95.6 cm³/mol. The summed E-state index contributed by atoms with van der Waals surface area (Å²) in [5.41, 5.74) is 7.69. The van der Waals surface area contributed by atoms with Crippen LogP contribution in [0.2, 0.25) is 5.02 Å². The quantitative estimate of drug-likeness (QED) is 0.320. The van der Waals surface area contributed by atoms with E-state index in [9.17, 15) is 10.1 Å². The third kappa shape index (κ3) is 3.83. The fourth-order valence-electron chi connectivity index (χ4n) is 2.20. The van der Waals surface area contributed by atoms with Crippen molar-refractivity contribution in [1.29, 1.82) is 0 Å². The molecule has 0 unspecified atom stereocenters. The van der Waals surface area contributed by atoms with Gasteiger partial charge in [0.1, 0.15) is 24.2 Å². The largest absolute Gasteiger partial charge is 0.382 e. The number of nitrogen functional groups attached to an aromatic ring is 1. The van der Waals surface area contributed by atoms with Gasteiger partial charge < -0.3 is 5.73 Å². The summed E-state index contributed by atoms with van der Waals surface area (Å²) < 4.78 is 3.55. The number of non-ortho nitro benzene ring substituents is 1. The second-order valence-corrected chi connectivity index (χ2v) is 5.94. The van der Waals surface area contributed by atoms with Crippen LogP contribution in [0.25, 0.3) is 0 Å². The number of pyridine rings is 1. The highest BCUT2D eigenvalue weighted by Crippen LogP contribution is 2.31. The molecule has 0 spiro atoms. The van der Waals surface area contributed by atoms with Crippen LogP contribution >= 0.6 is 11.6 Å². The lowest BCUT2D eigenvalue weighted by Gasteiger charge is -2.03. The van der Waals surface area contributed by atoms with Crippen molar-refractivity contribution in [3.8, 4) is 0 Å². The highest BCUT2D eigenvalue weighted by Gasteiger charge is 2.11. The maximum atomic E-state index is 10.7. The lowest BCUT2D eigenvalue weighted by molar-refractivity contribution is -0.671. The van der Waals surface area contributed by atoms with Gasteiger partial charge in [0.2, 0.25) is 0 Å². The highest BCUT2D eigenvalue weighted by molar-refractivity contribution is 6.33. The zero-order valence-electron chi connectivity index (χ0n) is 13.8. The van der Waals surface area contributed by atoms with E-state index in [2.05, 4.69) is 15.3 Å². The molecule has 0 bridgehead atoms. The summed E-state index contributed by atoms with van der Waals surface area (Å²) in [6.45, 7) is 0.500. The Hall–Kier alpha value is -3.33. The lowest BCUT2D eigenvalue weighted by atomic mass is 10.3. The van der Waals surface area contributed by atoms with Gasteiger partial charge in [0.05, 0.1) is 22.7 Å². The van der Waals surface area contributed by atoms with Crippen LogP contribution in [-0.2, 0) is 13.6 Å². The van der Waals surface area contributed by atoms with E-state index in [4.69, 9.17) is 17.3 Å². The van der Waals surface area contributed by atoms with Gasteiger partial charge in [-0.15, -0.1) is 10.2 Å². The molecule has 0 atom stereocenters. The molecule has 3 aromatic rings. The number of azo groups is 1. The van der Waals surface area contributed by atoms with E-state index < -0.39 is 4.92 Å². The number of aromatic nitrogens is 3. The van der Waals surface area contributed by atoms with E-state index in [0.717, 1.165) is 5.56 Å². The van der Waals surface area contributed by atoms with Crippen LogP contribution in [0.1, 0.15) is 5.56 Å². The first-order valence-electron chi connectivity index (χ1n) is 7.55. The van der Waals surface area contributed by atoms with Crippen molar-refractivity contribution in [2.75, 3.05) is 5.73 Å². The number of nitrogens with two attached hydrogens (primary N) is 1. The van der Waals surface area contributed by atoms with Gasteiger partial charge in [-0.05, 0) is 11.6 Å². The maximum absolute atomic E-state index is 10.7. The first kappa shape index (κ1) is 17.5. The number of halogens is 1. The average Bonchev–Trinajstić information content (AvgIpc) is 2.96. The van der Waals surface area contributed by atoms with E-state index in [1.54, 1.807) is 4.68 Å². The van der Waals surface area contributed by atoms with Crippen LogP contribution in [0, 0.1) is 10.1 Å². The van der Waals surface area contributed by atoms with Crippen LogP contribution in [0.5, 0.6) is 0 Å². The number of nitro groups is 1. The summed E-state index contributed by atoms with van der Waals surface area (Å²) in [6.07, 6.45) is 5.37. The Morgan fingerprint density at radius 1 is 1.27 bits per heavy atom. The summed E-state index contributed by atoms with van der Waals surface area (Å²) in [5, 5.41) is 23.1. The third-order valence-corrected chi connectivity index (χ3v) is 3.95. The normalized spacial score (nSPS) is 11.2. The molecule has 1 aromatic carbocycles. The van der Waals surface area contributed by atoms with Crippen LogP contribution < -0.4 is 10.3 Å². The smallest absolute Gasteiger partial charge is 0.271 e. The van der Waals surface area contributed by atoms with Gasteiger partial charge in [-0.25, -0.2) is 9.25 Å². The topological polar surface area (TPSA) is 116 Å². The molecule has 0 saturated carbocycles. The molecule has 2 aromatic heterocycles. The van der Waals surface area contributed by atoms with Crippen molar-refractivity contribution in [1.82, 2.24) is 9.78 Å². The molecule has 0 aliphatic rings. The van der Waals surface area contributed by atoms with E-state index in [-0.39, 0.29) is 10.7 Å². The number of nitrogens with zero attached hydrogens (tertiary/aromatic N) is 6. The summed E-state index contributed by atoms with van der Waals surface area (Å²) in [5.74, 6) is 0.361. The van der Waals surface area contributed by atoms with Crippen molar-refractivity contribution in [3.63, 3.8) is 0 Å². The molecule has 2 heterocycles. The number of hydrogen-bond acceptors (Lipinski definition) is 6. The first-order valence-corrected chi connectivity index (χ1v) is 7.93. The minimum atomic E-state index is -0.529. The van der Waals surface area contributed by atoms with E-state index >= 15 is 0 Å². The highest BCUT2D eigenvalue weighted by atomic mass is 35.5. The number of rotatable bonds is 5. The Morgan fingerprint density at radius 2 is 1.96 bits per heavy atom. The van der Waals surface area contributed by atoms with Gasteiger partial charge in [0.15, 0.2) is 12.4 Å². The van der Waals surface area contributed by atoms with E-state index in [0.29, 0.717) is 23.7 Å². The van der Waals surface area contributed by atoms with Gasteiger partial charge in [-0.1, -0.05) is 11.6 Å². The standard InChI is InChI=1S/C16H15ClN7O2/c1-22-6-4-11(5-7-22)10-23-16(18)15(9-19-23)21-20-14-3-2-12(24(25)26)8-13(14)17/h2-9H,10,18H2,1H3/q+1. The lowest BCUT2D eigenvalue weighted by Crippen LogP contribution is -2.26. The molecule has 132 valence electrons. The molecule has 9 nitrogen and oxygen atoms in total. The number of nitro benzene ring substituents is 1. The molecule has 0 radical (unpaired) electrons. The fourth-order valence-corrected chi connectivity index (χ4v) is 2.41. The van der Waals surface area contributed by atoms with Gasteiger partial charge in [0, 0.05) is 24.3 Å². The SMILES string of the molecule is C[n+]1ccc(Cn2ncc(N=Nc3ccc([N+](=O)[O-])cc3Cl)c2N)cc1. The number of hydrogen-bond donors (Lipinski definition) is 1. The second-order valence-electron chi connectivity index (χ2n) is 5.54. The van der Waals surface area contributed by atoms with Gasteiger partial charge in [-0.3, -0.25) is 10.1 Å². The molecular formula is C16H15ClN7O2+. The molecule has 0 saturated heterocycles. The summed E-state index contributed by atoms with van der Waals surface area (Å²) >= 11 is 5.99. The zero-order valence-corrected chi connectivity index (χ0v) is 14.5. The minimum absolute atomic E-state index is 0.113. The monoisotopic (exact) mass is 372 g/mol. The molecule has 0 aliphatic heterocycles. The average molecular weight is 373 g/mol. The molecule has 3 rings (SSSR count). The van der Waals surface area contributed by atoms with E-state index in [1.165, 1.54) is 24.4 Å². The van der Waals surface area contributed by atoms with Crippen LogP contribution in [-0.4, -0.2) is 14.7 Å². The van der Waals surface area contributed by atoms with Crippen LogP contribution in [0.4, 0.5) is 22.9 Å². The van der Waals surface area contributed by atoms with Crippen molar-refractivity contribution >= 4 is 34.5 Å². The number of benzene rings is 1. The maximum Gasteiger partial charge on any atom is 0.271 e. The van der Waals surface area contributed by atoms with Crippen molar-refractivity contribution in [2.45, 2.75) is 6.54 Å². The van der Waals surface area contributed by atoms with Crippen molar-refractivity contribution in [3.05, 3.63) is 69.6 Å². The number of anilines is 1. The Morgan fingerprint density at radius 3 is 2.62 bits per heavy atom. The van der Waals surface area contributed by atoms with Crippen LogP contribution in [0.15, 0.2) is 59.2 Å². The Bertz CT molecular complexity index is 983. The summed E-state index contributed by atoms with van der Waals surface area (Å²) in [7, 11) is 1.94. The molecule has 2 N–H and O–H groups in total. The van der Waals surface area contributed by atoms with E-state index in [1.807, 2.05) is 36.1 Å². The molecule has 0 fully saturated rings. The van der Waals surface area contributed by atoms with Gasteiger partial charge in [0.25, 0.3) is 5.69 Å². The van der Waals surface area contributed by atoms with Gasteiger partial charge >= 0.3 is 0 Å². The fraction of sp³-hybridized carbons (Fsp3) is 0.125. The van der Waals surface area contributed by atoms with Crippen molar-refractivity contribution in [2.24, 2.45) is 17.3 Å². The Labute approximate surface area is 153 Å². The Kier molecular flexibility index (Phi) is 4.90. The van der Waals surface area contributed by atoms with Gasteiger partial charge in [-0.2, -0.15) is 5.10 Å². The summed E-state index contributed by atoms with van der Waals surface area (Å²) in [4.78, 5) is 10.2. The minimum Gasteiger partial charge on any atom is -0.382 e. The number of aryl methyl sites for hydroxylation is 1. The molecule has 26 heavy (non-hydrogen) atoms. The molecule has 10 heteroatoms. The second kappa shape index (κ2) is 7.28. The molecule has 0 aliphatic carbocycles. The van der Waals surface area contributed by atoms with Crippen LogP contribution in [0.3, 0.4) is 0 Å². The Balaban J connectivity index is 1.78. The summed E-state index contributed by atoms with van der Waals surface area (Å²) in [6, 6.07) is 7.90.